The Bertz CT molecular complexity index is 733. The Balaban J connectivity index is 1.65. The quantitative estimate of drug-likeness (QED) is 0.889. The van der Waals surface area contributed by atoms with Crippen LogP contribution in [0, 0.1) is 6.92 Å². The highest BCUT2D eigenvalue weighted by molar-refractivity contribution is 6.30. The van der Waals surface area contributed by atoms with Crippen molar-refractivity contribution in [3.8, 4) is 0 Å². The van der Waals surface area contributed by atoms with Gasteiger partial charge in [0.1, 0.15) is 0 Å². The maximum Gasteiger partial charge on any atom is 0.317 e. The lowest BCUT2D eigenvalue weighted by atomic mass is 9.98. The van der Waals surface area contributed by atoms with E-state index in [9.17, 15) is 4.79 Å². The standard InChI is InChI=1S/C18H23ClN4O2/c1-3-16(13-6-4-8-15(19)10-13)21-18(24)23-9-5-7-14(11-23)17-20-12(2)22-25-17/h4,6,8,10,14,16H,3,5,7,9,11H2,1-2H3,(H,21,24)/t14-,16-/m0/s1. The molecular weight excluding hydrogens is 340 g/mol. The number of carbonyl (C=O) groups is 1. The Labute approximate surface area is 152 Å². The molecule has 0 radical (unpaired) electrons. The summed E-state index contributed by atoms with van der Waals surface area (Å²) in [7, 11) is 0. The number of aromatic nitrogens is 2. The maximum absolute atomic E-state index is 12.7. The van der Waals surface area contributed by atoms with Crippen LogP contribution in [0.3, 0.4) is 0 Å². The summed E-state index contributed by atoms with van der Waals surface area (Å²) >= 11 is 6.07. The van der Waals surface area contributed by atoms with Crippen molar-refractivity contribution in [3.63, 3.8) is 0 Å². The van der Waals surface area contributed by atoms with E-state index in [1.54, 1.807) is 6.92 Å². The van der Waals surface area contributed by atoms with Crippen LogP contribution in [0.4, 0.5) is 4.79 Å². The zero-order valence-electron chi connectivity index (χ0n) is 14.5. The number of hydrogen-bond donors (Lipinski definition) is 1. The molecule has 1 N–H and O–H groups in total. The number of nitrogens with zero attached hydrogens (tertiary/aromatic N) is 3. The van der Waals surface area contributed by atoms with Gasteiger partial charge in [-0.25, -0.2) is 4.79 Å². The van der Waals surface area contributed by atoms with Crippen LogP contribution in [-0.2, 0) is 0 Å². The summed E-state index contributed by atoms with van der Waals surface area (Å²) in [5, 5.41) is 7.65. The number of rotatable bonds is 4. The van der Waals surface area contributed by atoms with Gasteiger partial charge in [-0.3, -0.25) is 0 Å². The molecule has 0 unspecified atom stereocenters. The van der Waals surface area contributed by atoms with Gasteiger partial charge in [-0.05, 0) is 43.9 Å². The van der Waals surface area contributed by atoms with Gasteiger partial charge in [0.15, 0.2) is 5.82 Å². The van der Waals surface area contributed by atoms with Crippen LogP contribution in [0.5, 0.6) is 0 Å². The third-order valence-corrected chi connectivity index (χ3v) is 4.79. The number of carbonyl (C=O) groups excluding carboxylic acids is 1. The molecule has 1 fully saturated rings. The molecule has 0 aliphatic carbocycles. The van der Waals surface area contributed by atoms with E-state index in [0.717, 1.165) is 31.4 Å². The molecule has 1 aliphatic heterocycles. The van der Waals surface area contributed by atoms with Gasteiger partial charge in [0, 0.05) is 18.1 Å². The summed E-state index contributed by atoms with van der Waals surface area (Å²) in [6, 6.07) is 7.50. The average molecular weight is 363 g/mol. The SMILES string of the molecule is CC[C@H](NC(=O)N1CCC[C@H](c2nc(C)no2)C1)c1cccc(Cl)c1. The number of urea groups is 1. The number of aryl methyl sites for hydroxylation is 1. The Morgan fingerprint density at radius 3 is 3.04 bits per heavy atom. The molecule has 6 nitrogen and oxygen atoms in total. The first kappa shape index (κ1) is 17.7. The second kappa shape index (κ2) is 7.87. The van der Waals surface area contributed by atoms with Gasteiger partial charge < -0.3 is 14.7 Å². The summed E-state index contributed by atoms with van der Waals surface area (Å²) in [6.45, 7) is 5.18. The number of amides is 2. The van der Waals surface area contributed by atoms with E-state index in [2.05, 4.69) is 15.5 Å². The van der Waals surface area contributed by atoms with Crippen molar-refractivity contribution in [2.45, 2.75) is 45.1 Å². The molecule has 2 aromatic rings. The first-order chi connectivity index (χ1) is 12.1. The maximum atomic E-state index is 12.7. The minimum Gasteiger partial charge on any atom is -0.339 e. The summed E-state index contributed by atoms with van der Waals surface area (Å²) in [4.78, 5) is 18.9. The van der Waals surface area contributed by atoms with Gasteiger partial charge in [0.05, 0.1) is 12.0 Å². The van der Waals surface area contributed by atoms with Gasteiger partial charge in [-0.2, -0.15) is 4.98 Å². The molecule has 2 atom stereocenters. The molecule has 1 aromatic heterocycles. The Morgan fingerprint density at radius 1 is 1.52 bits per heavy atom. The smallest absolute Gasteiger partial charge is 0.317 e. The molecule has 1 aromatic carbocycles. The van der Waals surface area contributed by atoms with Crippen LogP contribution in [0.1, 0.15) is 55.4 Å². The molecule has 25 heavy (non-hydrogen) atoms. The van der Waals surface area contributed by atoms with Crippen molar-refractivity contribution >= 4 is 17.6 Å². The molecule has 0 saturated carbocycles. The number of halogens is 1. The number of likely N-dealkylation sites (tertiary alicyclic amines) is 1. The number of nitrogens with one attached hydrogen (secondary N) is 1. The molecule has 3 rings (SSSR count). The van der Waals surface area contributed by atoms with Crippen LogP contribution < -0.4 is 5.32 Å². The van der Waals surface area contributed by atoms with E-state index >= 15 is 0 Å². The van der Waals surface area contributed by atoms with E-state index in [0.29, 0.717) is 23.3 Å². The van der Waals surface area contributed by atoms with E-state index in [1.807, 2.05) is 36.1 Å². The second-order valence-electron chi connectivity index (χ2n) is 6.43. The monoisotopic (exact) mass is 362 g/mol. The van der Waals surface area contributed by atoms with Crippen molar-refractivity contribution in [2.24, 2.45) is 0 Å². The zero-order chi connectivity index (χ0) is 17.8. The lowest BCUT2D eigenvalue weighted by molar-refractivity contribution is 0.168. The normalized spacial score (nSPS) is 18.8. The number of hydrogen-bond acceptors (Lipinski definition) is 4. The van der Waals surface area contributed by atoms with E-state index < -0.39 is 0 Å². The third-order valence-electron chi connectivity index (χ3n) is 4.56. The van der Waals surface area contributed by atoms with Crippen LogP contribution in [0.25, 0.3) is 0 Å². The Hall–Kier alpha value is -2.08. The molecule has 7 heteroatoms. The van der Waals surface area contributed by atoms with Gasteiger partial charge in [0.25, 0.3) is 0 Å². The molecule has 134 valence electrons. The summed E-state index contributed by atoms with van der Waals surface area (Å²) in [5.41, 5.74) is 1.02. The van der Waals surface area contributed by atoms with Crippen molar-refractivity contribution in [2.75, 3.05) is 13.1 Å². The van der Waals surface area contributed by atoms with Gasteiger partial charge >= 0.3 is 6.03 Å². The summed E-state index contributed by atoms with van der Waals surface area (Å²) in [6.07, 6.45) is 2.68. The van der Waals surface area contributed by atoms with E-state index in [4.69, 9.17) is 16.1 Å². The molecule has 1 aliphatic rings. The fraction of sp³-hybridized carbons (Fsp3) is 0.500. The molecule has 1 saturated heterocycles. The molecule has 2 amide bonds. The average Bonchev–Trinajstić information content (AvgIpc) is 3.06. The molecular formula is C18H23ClN4O2. The largest absolute Gasteiger partial charge is 0.339 e. The lowest BCUT2D eigenvalue weighted by Crippen LogP contribution is -2.46. The van der Waals surface area contributed by atoms with E-state index in [-0.39, 0.29) is 18.0 Å². The number of piperidine rings is 1. The minimum atomic E-state index is -0.0623. The fourth-order valence-electron chi connectivity index (χ4n) is 3.23. The highest BCUT2D eigenvalue weighted by Gasteiger charge is 2.29. The predicted octanol–water partition coefficient (Wildman–Crippen LogP) is 4.07. The van der Waals surface area contributed by atoms with Crippen molar-refractivity contribution in [3.05, 3.63) is 46.6 Å². The van der Waals surface area contributed by atoms with Crippen LogP contribution in [0.15, 0.2) is 28.8 Å². The Morgan fingerprint density at radius 2 is 2.36 bits per heavy atom. The van der Waals surface area contributed by atoms with Crippen molar-refractivity contribution in [1.82, 2.24) is 20.4 Å². The highest BCUT2D eigenvalue weighted by Crippen LogP contribution is 2.26. The zero-order valence-corrected chi connectivity index (χ0v) is 15.3. The first-order valence-corrected chi connectivity index (χ1v) is 9.05. The lowest BCUT2D eigenvalue weighted by Gasteiger charge is -2.32. The predicted molar refractivity (Wildman–Crippen MR) is 95.6 cm³/mol. The van der Waals surface area contributed by atoms with Gasteiger partial charge in [0.2, 0.25) is 5.89 Å². The van der Waals surface area contributed by atoms with Gasteiger partial charge in [-0.1, -0.05) is 35.8 Å². The third kappa shape index (κ3) is 4.31. The van der Waals surface area contributed by atoms with E-state index in [1.165, 1.54) is 0 Å². The number of benzene rings is 1. The minimum absolute atomic E-state index is 0.0581. The molecule has 2 heterocycles. The molecule has 0 bridgehead atoms. The summed E-state index contributed by atoms with van der Waals surface area (Å²) in [5.74, 6) is 1.35. The van der Waals surface area contributed by atoms with Crippen LogP contribution in [0.2, 0.25) is 5.02 Å². The highest BCUT2D eigenvalue weighted by atomic mass is 35.5. The van der Waals surface area contributed by atoms with Crippen LogP contribution in [-0.4, -0.2) is 34.2 Å². The van der Waals surface area contributed by atoms with Crippen molar-refractivity contribution in [1.29, 1.82) is 0 Å². The van der Waals surface area contributed by atoms with Gasteiger partial charge in [-0.15, -0.1) is 0 Å². The molecule has 0 spiro atoms. The topological polar surface area (TPSA) is 71.3 Å². The fourth-order valence-corrected chi connectivity index (χ4v) is 3.43. The van der Waals surface area contributed by atoms with Crippen LogP contribution >= 0.6 is 11.6 Å². The first-order valence-electron chi connectivity index (χ1n) is 8.68. The van der Waals surface area contributed by atoms with Crippen molar-refractivity contribution < 1.29 is 9.32 Å². The Kier molecular flexibility index (Phi) is 5.58. The second-order valence-corrected chi connectivity index (χ2v) is 6.87. The summed E-state index contributed by atoms with van der Waals surface area (Å²) < 4.78 is 5.28.